The van der Waals surface area contributed by atoms with Crippen LogP contribution in [0.5, 0.6) is 0 Å². The third kappa shape index (κ3) is 4.23. The number of carbonyl (C=O) groups excluding carboxylic acids is 1. The van der Waals surface area contributed by atoms with E-state index in [-0.39, 0.29) is 23.2 Å². The highest BCUT2D eigenvalue weighted by molar-refractivity contribution is 5.79. The van der Waals surface area contributed by atoms with E-state index in [1.54, 1.807) is 0 Å². The summed E-state index contributed by atoms with van der Waals surface area (Å²) in [7, 11) is 0. The van der Waals surface area contributed by atoms with Crippen LogP contribution in [0.2, 0.25) is 0 Å². The SMILES string of the molecule is C[C@H](CCC(=O)CC(F)(F)F)C1=CC[C@H]2[C@@H]3CC=C4C[C@@](C)(O)CC[C@]4(C)[C@H]3CC[C@]12C. The van der Waals surface area contributed by atoms with Gasteiger partial charge in [-0.3, -0.25) is 4.79 Å². The number of fused-ring (bicyclic) bond motifs is 5. The highest BCUT2D eigenvalue weighted by Crippen LogP contribution is 2.66. The van der Waals surface area contributed by atoms with Crippen molar-refractivity contribution < 1.29 is 23.1 Å². The first-order valence-electron chi connectivity index (χ1n) is 12.5. The van der Waals surface area contributed by atoms with E-state index >= 15 is 0 Å². The smallest absolute Gasteiger partial charge is 0.390 e. The summed E-state index contributed by atoms with van der Waals surface area (Å²) in [6.45, 7) is 8.85. The van der Waals surface area contributed by atoms with Crippen molar-refractivity contribution in [2.45, 2.75) is 104 Å². The summed E-state index contributed by atoms with van der Waals surface area (Å²) >= 11 is 0. The molecule has 0 aromatic carbocycles. The molecule has 0 spiro atoms. The van der Waals surface area contributed by atoms with Crippen LogP contribution in [-0.4, -0.2) is 22.7 Å². The number of Topliss-reactive ketones (excluding diaryl/α,β-unsaturated/α-hetero) is 1. The van der Waals surface area contributed by atoms with E-state index in [2.05, 4.69) is 32.9 Å². The van der Waals surface area contributed by atoms with E-state index in [1.165, 1.54) is 17.6 Å². The summed E-state index contributed by atoms with van der Waals surface area (Å²) in [4.78, 5) is 11.8. The van der Waals surface area contributed by atoms with Crippen molar-refractivity contribution in [3.63, 3.8) is 0 Å². The number of rotatable bonds is 5. The topological polar surface area (TPSA) is 37.3 Å². The standard InChI is InChI=1S/C27H39F3O2/c1-17(5-7-19(31)16-27(28,29)30)21-9-10-22-20-8-6-18-15-24(2,32)13-14-25(18,3)23(20)11-12-26(21,22)4/h6,9,17,20,22-23,32H,5,7-8,10-16H2,1-4H3/t17-,20+,22+,23+,24+,25+,26-/m1/s1. The second-order valence-corrected chi connectivity index (χ2v) is 12.1. The molecule has 7 atom stereocenters. The molecule has 1 N–H and O–H groups in total. The van der Waals surface area contributed by atoms with E-state index in [0.717, 1.165) is 38.5 Å². The van der Waals surface area contributed by atoms with Gasteiger partial charge < -0.3 is 5.11 Å². The second-order valence-electron chi connectivity index (χ2n) is 12.1. The summed E-state index contributed by atoms with van der Waals surface area (Å²) < 4.78 is 37.5. The maximum absolute atomic E-state index is 12.5. The Balaban J connectivity index is 1.46. The third-order valence-corrected chi connectivity index (χ3v) is 9.81. The molecule has 0 aromatic heterocycles. The molecule has 2 fully saturated rings. The molecule has 0 saturated heterocycles. The molecule has 4 aliphatic carbocycles. The minimum Gasteiger partial charge on any atom is -0.390 e. The number of alkyl halides is 3. The van der Waals surface area contributed by atoms with Crippen molar-refractivity contribution in [2.24, 2.45) is 34.5 Å². The zero-order valence-corrected chi connectivity index (χ0v) is 20.0. The Bertz CT molecular complexity index is 823. The normalized spacial score (nSPS) is 42.3. The highest BCUT2D eigenvalue weighted by Gasteiger charge is 2.57. The molecule has 180 valence electrons. The lowest BCUT2D eigenvalue weighted by atomic mass is 9.46. The number of ketones is 1. The van der Waals surface area contributed by atoms with Crippen molar-refractivity contribution in [3.8, 4) is 0 Å². The monoisotopic (exact) mass is 452 g/mol. The van der Waals surface area contributed by atoms with Crippen molar-refractivity contribution >= 4 is 5.78 Å². The average molecular weight is 453 g/mol. The Morgan fingerprint density at radius 1 is 1.09 bits per heavy atom. The van der Waals surface area contributed by atoms with Crippen LogP contribution in [0.4, 0.5) is 13.2 Å². The van der Waals surface area contributed by atoms with Gasteiger partial charge in [-0.25, -0.2) is 0 Å². The lowest BCUT2D eigenvalue weighted by Crippen LogP contribution is -2.51. The molecule has 4 aliphatic rings. The molecule has 32 heavy (non-hydrogen) atoms. The van der Waals surface area contributed by atoms with Crippen molar-refractivity contribution in [2.75, 3.05) is 0 Å². The van der Waals surface area contributed by atoms with Gasteiger partial charge in [-0.2, -0.15) is 13.2 Å². The molecule has 5 heteroatoms. The first kappa shape index (κ1) is 24.0. The van der Waals surface area contributed by atoms with Gasteiger partial charge in [0.2, 0.25) is 0 Å². The molecule has 0 aromatic rings. The Morgan fingerprint density at radius 3 is 2.50 bits per heavy atom. The van der Waals surface area contributed by atoms with Gasteiger partial charge in [0.15, 0.2) is 0 Å². The molecular weight excluding hydrogens is 413 g/mol. The maximum atomic E-state index is 12.5. The first-order chi connectivity index (χ1) is 14.8. The number of hydrogen-bond donors (Lipinski definition) is 1. The minimum absolute atomic E-state index is 0.00884. The Morgan fingerprint density at radius 2 is 1.81 bits per heavy atom. The highest BCUT2D eigenvalue weighted by atomic mass is 19.4. The van der Waals surface area contributed by atoms with Crippen LogP contribution >= 0.6 is 0 Å². The van der Waals surface area contributed by atoms with E-state index < -0.39 is 24.0 Å². The van der Waals surface area contributed by atoms with Gasteiger partial charge in [0.25, 0.3) is 0 Å². The van der Waals surface area contributed by atoms with Crippen LogP contribution in [-0.2, 0) is 4.79 Å². The number of carbonyl (C=O) groups is 1. The van der Waals surface area contributed by atoms with E-state index in [9.17, 15) is 23.1 Å². The fourth-order valence-corrected chi connectivity index (χ4v) is 8.01. The minimum atomic E-state index is -4.40. The van der Waals surface area contributed by atoms with Crippen molar-refractivity contribution in [1.29, 1.82) is 0 Å². The zero-order valence-electron chi connectivity index (χ0n) is 20.0. The van der Waals surface area contributed by atoms with Gasteiger partial charge in [0.05, 0.1) is 5.60 Å². The second kappa shape index (κ2) is 7.99. The molecule has 2 saturated carbocycles. The molecule has 0 heterocycles. The molecule has 4 rings (SSSR count). The average Bonchev–Trinajstić information content (AvgIpc) is 3.02. The van der Waals surface area contributed by atoms with Crippen LogP contribution in [0.15, 0.2) is 23.3 Å². The van der Waals surface area contributed by atoms with Gasteiger partial charge in [-0.1, -0.05) is 44.1 Å². The Kier molecular flexibility index (Phi) is 6.00. The zero-order chi connectivity index (χ0) is 23.5. The van der Waals surface area contributed by atoms with E-state index in [1.807, 2.05) is 6.92 Å². The summed E-state index contributed by atoms with van der Waals surface area (Å²) in [5.74, 6) is 1.29. The van der Waals surface area contributed by atoms with Crippen LogP contribution in [0.25, 0.3) is 0 Å². The van der Waals surface area contributed by atoms with Crippen LogP contribution < -0.4 is 0 Å². The predicted octanol–water partition coefficient (Wildman–Crippen LogP) is 7.17. The maximum Gasteiger partial charge on any atom is 0.395 e. The van der Waals surface area contributed by atoms with Crippen LogP contribution in [0.1, 0.15) is 91.9 Å². The predicted molar refractivity (Wildman–Crippen MR) is 120 cm³/mol. The first-order valence-corrected chi connectivity index (χ1v) is 12.5. The Hall–Kier alpha value is -1.10. The fraction of sp³-hybridized carbons (Fsp3) is 0.815. The number of hydrogen-bond acceptors (Lipinski definition) is 2. The molecule has 0 unspecified atom stereocenters. The molecule has 0 radical (unpaired) electrons. The van der Waals surface area contributed by atoms with Gasteiger partial charge >= 0.3 is 6.18 Å². The largest absolute Gasteiger partial charge is 0.395 e. The third-order valence-electron chi connectivity index (χ3n) is 9.81. The fourth-order valence-electron chi connectivity index (χ4n) is 8.01. The van der Waals surface area contributed by atoms with Crippen LogP contribution in [0.3, 0.4) is 0 Å². The van der Waals surface area contributed by atoms with E-state index in [0.29, 0.717) is 24.2 Å². The lowest BCUT2D eigenvalue weighted by Gasteiger charge is -2.59. The molecule has 0 bridgehead atoms. The van der Waals surface area contributed by atoms with Gasteiger partial charge in [-0.05, 0) is 92.8 Å². The Labute approximate surface area is 190 Å². The molecule has 2 nitrogen and oxygen atoms in total. The molecule has 0 aliphatic heterocycles. The summed E-state index contributed by atoms with van der Waals surface area (Å²) in [6, 6.07) is 0. The number of allylic oxidation sites excluding steroid dienone is 3. The summed E-state index contributed by atoms with van der Waals surface area (Å²) in [5, 5.41) is 10.6. The van der Waals surface area contributed by atoms with Gasteiger partial charge in [0, 0.05) is 6.42 Å². The lowest BCUT2D eigenvalue weighted by molar-refractivity contribution is -0.152. The summed E-state index contributed by atoms with van der Waals surface area (Å²) in [6.07, 6.45) is 6.71. The molecular formula is C27H39F3O2. The quantitative estimate of drug-likeness (QED) is 0.449. The van der Waals surface area contributed by atoms with Crippen molar-refractivity contribution in [3.05, 3.63) is 23.3 Å². The van der Waals surface area contributed by atoms with E-state index in [4.69, 9.17) is 0 Å². The van der Waals surface area contributed by atoms with Gasteiger partial charge in [-0.15, -0.1) is 0 Å². The number of halogens is 3. The van der Waals surface area contributed by atoms with Crippen LogP contribution in [0, 0.1) is 34.5 Å². The van der Waals surface area contributed by atoms with Crippen molar-refractivity contribution in [1.82, 2.24) is 0 Å². The van der Waals surface area contributed by atoms with Gasteiger partial charge in [0.1, 0.15) is 12.2 Å². The number of aliphatic hydroxyl groups is 1. The molecule has 0 amide bonds. The summed E-state index contributed by atoms with van der Waals surface area (Å²) in [5.41, 5.74) is 2.54.